The van der Waals surface area contributed by atoms with E-state index in [-0.39, 0.29) is 36.2 Å². The van der Waals surface area contributed by atoms with Gasteiger partial charge in [-0.3, -0.25) is 4.90 Å². The highest BCUT2D eigenvalue weighted by Gasteiger charge is 2.36. The first-order valence-corrected chi connectivity index (χ1v) is 8.69. The molecule has 0 amide bonds. The van der Waals surface area contributed by atoms with Gasteiger partial charge in [0.05, 0.1) is 8.95 Å². The highest BCUT2D eigenvalue weighted by Crippen LogP contribution is 2.42. The number of benzene rings is 1. The van der Waals surface area contributed by atoms with Crippen molar-refractivity contribution >= 4 is 44.3 Å². The average molecular weight is 459 g/mol. The molecule has 4 nitrogen and oxygen atoms in total. The van der Waals surface area contributed by atoms with Gasteiger partial charge in [-0.2, -0.15) is 0 Å². The second-order valence-corrected chi connectivity index (χ2v) is 7.88. The van der Waals surface area contributed by atoms with Crippen molar-refractivity contribution in [2.24, 2.45) is 5.41 Å². The summed E-state index contributed by atoms with van der Waals surface area (Å²) in [5, 5.41) is 23.1. The molecular formula is C15H23Br2ClN2O2. The van der Waals surface area contributed by atoms with E-state index < -0.39 is 0 Å². The van der Waals surface area contributed by atoms with Crippen molar-refractivity contribution in [3.8, 4) is 5.75 Å². The van der Waals surface area contributed by atoms with Gasteiger partial charge in [0.1, 0.15) is 5.75 Å². The number of aliphatic hydroxyl groups excluding tert-OH is 1. The van der Waals surface area contributed by atoms with E-state index in [0.717, 1.165) is 31.7 Å². The molecule has 0 bridgehead atoms. The number of phenolic OH excluding ortho intramolecular Hbond substituents is 1. The summed E-state index contributed by atoms with van der Waals surface area (Å²) in [5.41, 5.74) is 0.820. The van der Waals surface area contributed by atoms with Crippen molar-refractivity contribution in [1.29, 1.82) is 0 Å². The molecule has 1 saturated heterocycles. The summed E-state index contributed by atoms with van der Waals surface area (Å²) in [7, 11) is 0. The van der Waals surface area contributed by atoms with E-state index in [1.165, 1.54) is 0 Å². The Kier molecular flexibility index (Phi) is 7.63. The van der Waals surface area contributed by atoms with Gasteiger partial charge in [-0.25, -0.2) is 0 Å². The largest absolute Gasteiger partial charge is 0.506 e. The fraction of sp³-hybridized carbons (Fsp3) is 0.600. The van der Waals surface area contributed by atoms with Crippen LogP contribution < -0.4 is 5.32 Å². The van der Waals surface area contributed by atoms with Crippen LogP contribution in [0.25, 0.3) is 0 Å². The van der Waals surface area contributed by atoms with Crippen LogP contribution in [0.15, 0.2) is 21.1 Å². The predicted molar refractivity (Wildman–Crippen MR) is 98.8 cm³/mol. The van der Waals surface area contributed by atoms with Crippen molar-refractivity contribution in [3.05, 3.63) is 26.6 Å². The Bertz CT molecular complexity index is 485. The lowest BCUT2D eigenvalue weighted by Gasteiger charge is -2.43. The van der Waals surface area contributed by atoms with E-state index in [2.05, 4.69) is 55.9 Å². The summed E-state index contributed by atoms with van der Waals surface area (Å²) >= 11 is 6.81. The monoisotopic (exact) mass is 456 g/mol. The quantitative estimate of drug-likeness (QED) is 0.648. The molecule has 0 unspecified atom stereocenters. The van der Waals surface area contributed by atoms with Crippen LogP contribution in [-0.4, -0.2) is 47.9 Å². The number of rotatable bonds is 4. The molecule has 1 aromatic carbocycles. The van der Waals surface area contributed by atoms with Gasteiger partial charge in [0.25, 0.3) is 0 Å². The van der Waals surface area contributed by atoms with E-state index in [1.54, 1.807) is 0 Å². The summed E-state index contributed by atoms with van der Waals surface area (Å²) < 4.78 is 1.33. The number of phenols is 1. The van der Waals surface area contributed by atoms with Gasteiger partial charge in [0.2, 0.25) is 0 Å². The normalized spacial score (nSPS) is 17.9. The van der Waals surface area contributed by atoms with E-state index >= 15 is 0 Å². The molecule has 0 saturated carbocycles. The van der Waals surface area contributed by atoms with Gasteiger partial charge in [-0.05, 0) is 49.6 Å². The topological polar surface area (TPSA) is 55.7 Å². The standard InChI is InChI=1S/C15H22Br2N2O2.ClH/c1-15(2,9-20)14(19-5-3-18-4-6-19)10-7-11(16)13(21)12(17)8-10;/h7-8,14,18,20-21H,3-6,9H2,1-2H3;1H/t14-;/m0./s1. The molecule has 0 radical (unpaired) electrons. The molecule has 2 rings (SSSR count). The highest BCUT2D eigenvalue weighted by atomic mass is 79.9. The molecule has 0 aromatic heterocycles. The van der Waals surface area contributed by atoms with Crippen LogP contribution in [-0.2, 0) is 0 Å². The minimum absolute atomic E-state index is 0. The zero-order chi connectivity index (χ0) is 15.6. The second-order valence-electron chi connectivity index (χ2n) is 6.17. The first kappa shape index (κ1) is 20.2. The lowest BCUT2D eigenvalue weighted by molar-refractivity contribution is 0.0304. The number of hydrogen-bond donors (Lipinski definition) is 3. The van der Waals surface area contributed by atoms with Gasteiger partial charge in [-0.1, -0.05) is 13.8 Å². The zero-order valence-electron chi connectivity index (χ0n) is 12.8. The van der Waals surface area contributed by atoms with Gasteiger partial charge >= 0.3 is 0 Å². The van der Waals surface area contributed by atoms with Gasteiger partial charge in [0, 0.05) is 44.2 Å². The maximum absolute atomic E-state index is 9.92. The van der Waals surface area contributed by atoms with Crippen molar-refractivity contribution in [1.82, 2.24) is 10.2 Å². The second kappa shape index (κ2) is 8.31. The van der Waals surface area contributed by atoms with Crippen LogP contribution in [0.1, 0.15) is 25.5 Å². The molecule has 3 N–H and O–H groups in total. The molecule has 1 aliphatic heterocycles. The molecular weight excluding hydrogens is 435 g/mol. The number of halogens is 3. The molecule has 0 aliphatic carbocycles. The van der Waals surface area contributed by atoms with Gasteiger partial charge in [0.15, 0.2) is 0 Å². The molecule has 1 aliphatic rings. The lowest BCUT2D eigenvalue weighted by atomic mass is 9.79. The summed E-state index contributed by atoms with van der Waals surface area (Å²) in [5.74, 6) is 0.208. The predicted octanol–water partition coefficient (Wildman–Crippen LogP) is 3.30. The van der Waals surface area contributed by atoms with Crippen LogP contribution >= 0.6 is 44.3 Å². The maximum Gasteiger partial charge on any atom is 0.143 e. The molecule has 1 atom stereocenters. The number of aliphatic hydroxyl groups is 1. The summed E-state index contributed by atoms with van der Waals surface area (Å²) in [6, 6.07) is 3.99. The average Bonchev–Trinajstić information content (AvgIpc) is 2.46. The Balaban J connectivity index is 0.00000242. The van der Waals surface area contributed by atoms with Crippen LogP contribution in [0, 0.1) is 5.41 Å². The van der Waals surface area contributed by atoms with Crippen molar-refractivity contribution in [2.75, 3.05) is 32.8 Å². The van der Waals surface area contributed by atoms with Crippen molar-refractivity contribution < 1.29 is 10.2 Å². The van der Waals surface area contributed by atoms with Crippen LogP contribution in [0.5, 0.6) is 5.75 Å². The molecule has 7 heteroatoms. The van der Waals surface area contributed by atoms with Crippen molar-refractivity contribution in [2.45, 2.75) is 19.9 Å². The fourth-order valence-electron chi connectivity index (χ4n) is 2.93. The lowest BCUT2D eigenvalue weighted by Crippen LogP contribution is -2.49. The first-order valence-electron chi connectivity index (χ1n) is 7.10. The fourth-order valence-corrected chi connectivity index (χ4v) is 4.15. The molecule has 0 spiro atoms. The van der Waals surface area contributed by atoms with Crippen LogP contribution in [0.3, 0.4) is 0 Å². The van der Waals surface area contributed by atoms with Crippen LogP contribution in [0.2, 0.25) is 0 Å². The third-order valence-electron chi connectivity index (χ3n) is 4.02. The van der Waals surface area contributed by atoms with E-state index in [4.69, 9.17) is 0 Å². The molecule has 1 aromatic rings. The summed E-state index contributed by atoms with van der Waals surface area (Å²) in [4.78, 5) is 2.40. The number of piperazine rings is 1. The highest BCUT2D eigenvalue weighted by molar-refractivity contribution is 9.11. The van der Waals surface area contributed by atoms with E-state index in [9.17, 15) is 10.2 Å². The van der Waals surface area contributed by atoms with Gasteiger partial charge < -0.3 is 15.5 Å². The minimum Gasteiger partial charge on any atom is -0.506 e. The number of aromatic hydroxyl groups is 1. The Labute approximate surface area is 154 Å². The first-order chi connectivity index (χ1) is 9.86. The summed E-state index contributed by atoms with van der Waals surface area (Å²) in [6.07, 6.45) is 0. The number of nitrogens with one attached hydrogen (secondary N) is 1. The summed E-state index contributed by atoms with van der Waals surface area (Å²) in [6.45, 7) is 8.08. The molecule has 1 heterocycles. The number of hydrogen-bond acceptors (Lipinski definition) is 4. The van der Waals surface area contributed by atoms with Crippen molar-refractivity contribution in [3.63, 3.8) is 0 Å². The SMILES string of the molecule is CC(C)(CO)[C@H](c1cc(Br)c(O)c(Br)c1)N1CCNCC1.Cl. The Morgan fingerprint density at radius 3 is 2.18 bits per heavy atom. The smallest absolute Gasteiger partial charge is 0.143 e. The van der Waals surface area contributed by atoms with E-state index in [0.29, 0.717) is 8.95 Å². The molecule has 22 heavy (non-hydrogen) atoms. The maximum atomic E-state index is 9.92. The third-order valence-corrected chi connectivity index (χ3v) is 5.23. The Morgan fingerprint density at radius 2 is 1.73 bits per heavy atom. The third kappa shape index (κ3) is 4.36. The minimum atomic E-state index is -0.271. The van der Waals surface area contributed by atoms with E-state index in [1.807, 2.05) is 12.1 Å². The Morgan fingerprint density at radius 1 is 1.23 bits per heavy atom. The van der Waals surface area contributed by atoms with Gasteiger partial charge in [-0.15, -0.1) is 12.4 Å². The molecule has 1 fully saturated rings. The Hall–Kier alpha value is 0.150. The molecule has 126 valence electrons. The zero-order valence-corrected chi connectivity index (χ0v) is 16.8. The van der Waals surface area contributed by atoms with Crippen LogP contribution in [0.4, 0.5) is 0 Å². The number of nitrogens with zero attached hydrogens (tertiary/aromatic N) is 1.